The molecule has 2 aromatic rings. The maximum Gasteiger partial charge on any atom is 0.294 e. The Balaban J connectivity index is 2.65. The van der Waals surface area contributed by atoms with Gasteiger partial charge in [0.25, 0.3) is 5.56 Å². The lowest BCUT2D eigenvalue weighted by molar-refractivity contribution is 0.819. The quantitative estimate of drug-likeness (QED) is 0.882. The maximum absolute atomic E-state index is 11.9. The van der Waals surface area contributed by atoms with Gasteiger partial charge in [0.05, 0.1) is 16.4 Å². The van der Waals surface area contributed by atoms with E-state index < -0.39 is 0 Å². The van der Waals surface area contributed by atoms with Crippen LogP contribution in [0.5, 0.6) is 0 Å². The van der Waals surface area contributed by atoms with Gasteiger partial charge in [-0.1, -0.05) is 30.1 Å². The van der Waals surface area contributed by atoms with E-state index in [0.717, 1.165) is 0 Å². The van der Waals surface area contributed by atoms with Crippen molar-refractivity contribution in [3.8, 4) is 5.69 Å². The fourth-order valence-electron chi connectivity index (χ4n) is 1.60. The molecule has 1 heterocycles. The van der Waals surface area contributed by atoms with E-state index in [1.165, 1.54) is 4.68 Å². The van der Waals surface area contributed by atoms with Gasteiger partial charge in [-0.15, -0.1) is 0 Å². The van der Waals surface area contributed by atoms with Crippen LogP contribution in [0.3, 0.4) is 0 Å². The van der Waals surface area contributed by atoms with Gasteiger partial charge in [-0.05, 0) is 24.6 Å². The molecule has 17 heavy (non-hydrogen) atoms. The van der Waals surface area contributed by atoms with Crippen molar-refractivity contribution in [3.63, 3.8) is 0 Å². The van der Waals surface area contributed by atoms with Crippen LogP contribution < -0.4 is 11.3 Å². The fraction of sp³-hybridized carbons (Fsp3) is 0.182. The van der Waals surface area contributed by atoms with E-state index in [4.69, 9.17) is 28.9 Å². The molecule has 2 rings (SSSR count). The number of aryl methyl sites for hydroxylation is 1. The van der Waals surface area contributed by atoms with Gasteiger partial charge >= 0.3 is 0 Å². The number of nitrogens with zero attached hydrogens (tertiary/aromatic N) is 1. The minimum atomic E-state index is -0.300. The summed E-state index contributed by atoms with van der Waals surface area (Å²) in [7, 11) is 0. The molecule has 90 valence electrons. The third kappa shape index (κ3) is 2.06. The first kappa shape index (κ1) is 12.1. The van der Waals surface area contributed by atoms with Crippen LogP contribution in [0.15, 0.2) is 23.0 Å². The second-order valence-corrected chi connectivity index (χ2v) is 4.44. The van der Waals surface area contributed by atoms with Crippen LogP contribution in [0.25, 0.3) is 5.69 Å². The number of aromatic amines is 1. The van der Waals surface area contributed by atoms with E-state index in [2.05, 4.69) is 5.10 Å². The summed E-state index contributed by atoms with van der Waals surface area (Å²) in [5.74, 6) is 0. The summed E-state index contributed by atoms with van der Waals surface area (Å²) in [4.78, 5) is 11.9. The molecule has 0 bridgehead atoms. The van der Waals surface area contributed by atoms with E-state index in [1.54, 1.807) is 18.2 Å². The molecule has 0 aliphatic rings. The Labute approximate surface area is 108 Å². The van der Waals surface area contributed by atoms with Gasteiger partial charge < -0.3 is 5.73 Å². The molecule has 0 aliphatic carbocycles. The number of halogens is 2. The van der Waals surface area contributed by atoms with Crippen LogP contribution >= 0.6 is 23.2 Å². The summed E-state index contributed by atoms with van der Waals surface area (Å²) in [5.41, 5.74) is 6.85. The van der Waals surface area contributed by atoms with Crippen LogP contribution in [0.1, 0.15) is 12.6 Å². The lowest BCUT2D eigenvalue weighted by atomic mass is 10.3. The van der Waals surface area contributed by atoms with Crippen LogP contribution in [0, 0.1) is 0 Å². The Kier molecular flexibility index (Phi) is 3.17. The number of aromatic nitrogens is 2. The van der Waals surface area contributed by atoms with Gasteiger partial charge in [0.15, 0.2) is 0 Å². The molecule has 1 aromatic heterocycles. The lowest BCUT2D eigenvalue weighted by Gasteiger charge is -2.04. The highest BCUT2D eigenvalue weighted by Crippen LogP contribution is 2.23. The third-order valence-electron chi connectivity index (χ3n) is 2.51. The van der Waals surface area contributed by atoms with Gasteiger partial charge in [-0.3, -0.25) is 9.89 Å². The number of anilines is 1. The Hall–Kier alpha value is -1.39. The highest BCUT2D eigenvalue weighted by molar-refractivity contribution is 6.35. The molecule has 0 fully saturated rings. The topological polar surface area (TPSA) is 63.8 Å². The minimum Gasteiger partial charge on any atom is -0.393 e. The molecule has 0 spiro atoms. The van der Waals surface area contributed by atoms with Crippen LogP contribution in [-0.4, -0.2) is 9.78 Å². The molecule has 6 heteroatoms. The molecule has 0 unspecified atom stereocenters. The largest absolute Gasteiger partial charge is 0.393 e. The molecular formula is C11H11Cl2N3O. The Bertz CT molecular complexity index is 616. The number of nitrogen functional groups attached to an aromatic ring is 1. The smallest absolute Gasteiger partial charge is 0.294 e. The zero-order chi connectivity index (χ0) is 12.6. The maximum atomic E-state index is 11.9. The standard InChI is InChI=1S/C11H11Cl2N3O/c1-2-8-10(14)11(17)16(15-8)9-4-3-6(12)5-7(9)13/h3-5,15H,2,14H2,1H3. The molecule has 3 N–H and O–H groups in total. The predicted octanol–water partition coefficient (Wildman–Crippen LogP) is 2.62. The third-order valence-corrected chi connectivity index (χ3v) is 3.05. The van der Waals surface area contributed by atoms with Crippen molar-refractivity contribution < 1.29 is 0 Å². The van der Waals surface area contributed by atoms with Gasteiger partial charge in [-0.25, -0.2) is 4.68 Å². The molecule has 0 saturated heterocycles. The molecule has 4 nitrogen and oxygen atoms in total. The van der Waals surface area contributed by atoms with E-state index in [-0.39, 0.29) is 11.2 Å². The van der Waals surface area contributed by atoms with Gasteiger partial charge in [-0.2, -0.15) is 0 Å². The fourth-order valence-corrected chi connectivity index (χ4v) is 2.09. The summed E-state index contributed by atoms with van der Waals surface area (Å²) in [6.07, 6.45) is 0.652. The molecule has 0 saturated carbocycles. The molecule has 0 aliphatic heterocycles. The SMILES string of the molecule is CCc1[nH]n(-c2ccc(Cl)cc2Cl)c(=O)c1N. The normalized spacial score (nSPS) is 10.8. The summed E-state index contributed by atoms with van der Waals surface area (Å²) >= 11 is 11.8. The van der Waals surface area contributed by atoms with Crippen molar-refractivity contribution in [1.29, 1.82) is 0 Å². The first-order valence-electron chi connectivity index (χ1n) is 5.09. The molecule has 0 amide bonds. The Morgan fingerprint density at radius 3 is 2.65 bits per heavy atom. The monoisotopic (exact) mass is 271 g/mol. The van der Waals surface area contributed by atoms with Gasteiger partial charge in [0.1, 0.15) is 5.69 Å². The zero-order valence-corrected chi connectivity index (χ0v) is 10.6. The van der Waals surface area contributed by atoms with Gasteiger partial charge in [0.2, 0.25) is 0 Å². The minimum absolute atomic E-state index is 0.221. The zero-order valence-electron chi connectivity index (χ0n) is 9.13. The van der Waals surface area contributed by atoms with Crippen LogP contribution in [-0.2, 0) is 6.42 Å². The molecule has 0 atom stereocenters. The van der Waals surface area contributed by atoms with Crippen molar-refractivity contribution in [3.05, 3.63) is 44.3 Å². The summed E-state index contributed by atoms with van der Waals surface area (Å²) < 4.78 is 1.33. The molecular weight excluding hydrogens is 261 g/mol. The van der Waals surface area contributed by atoms with E-state index in [9.17, 15) is 4.79 Å². The average molecular weight is 272 g/mol. The van der Waals surface area contributed by atoms with Crippen LogP contribution in [0.4, 0.5) is 5.69 Å². The van der Waals surface area contributed by atoms with Gasteiger partial charge in [0, 0.05) is 5.02 Å². The van der Waals surface area contributed by atoms with Crippen molar-refractivity contribution >= 4 is 28.9 Å². The number of benzene rings is 1. The Morgan fingerprint density at radius 2 is 2.12 bits per heavy atom. The summed E-state index contributed by atoms with van der Waals surface area (Å²) in [6.45, 7) is 1.91. The summed E-state index contributed by atoms with van der Waals surface area (Å²) in [5, 5.41) is 3.84. The van der Waals surface area contributed by atoms with E-state index >= 15 is 0 Å². The summed E-state index contributed by atoms with van der Waals surface area (Å²) in [6, 6.07) is 4.91. The number of nitrogens with one attached hydrogen (secondary N) is 1. The van der Waals surface area contributed by atoms with Crippen molar-refractivity contribution in [2.45, 2.75) is 13.3 Å². The van der Waals surface area contributed by atoms with Crippen LogP contribution in [0.2, 0.25) is 10.0 Å². The highest BCUT2D eigenvalue weighted by Gasteiger charge is 2.13. The predicted molar refractivity (Wildman–Crippen MR) is 70.2 cm³/mol. The van der Waals surface area contributed by atoms with E-state index in [0.29, 0.717) is 27.8 Å². The molecule has 0 radical (unpaired) electrons. The highest BCUT2D eigenvalue weighted by atomic mass is 35.5. The number of nitrogens with two attached hydrogens (primary N) is 1. The van der Waals surface area contributed by atoms with Crippen molar-refractivity contribution in [2.75, 3.05) is 5.73 Å². The van der Waals surface area contributed by atoms with Crippen molar-refractivity contribution in [1.82, 2.24) is 9.78 Å². The second kappa shape index (κ2) is 4.47. The van der Waals surface area contributed by atoms with Crippen molar-refractivity contribution in [2.24, 2.45) is 0 Å². The average Bonchev–Trinajstić information content (AvgIpc) is 2.57. The first-order chi connectivity index (χ1) is 8.04. The molecule has 1 aromatic carbocycles. The number of H-pyrrole nitrogens is 1. The lowest BCUT2D eigenvalue weighted by Crippen LogP contribution is -2.16. The number of hydrogen-bond donors (Lipinski definition) is 2. The number of rotatable bonds is 2. The second-order valence-electron chi connectivity index (χ2n) is 3.59. The first-order valence-corrected chi connectivity index (χ1v) is 5.85. The number of hydrogen-bond acceptors (Lipinski definition) is 2. The van der Waals surface area contributed by atoms with E-state index in [1.807, 2.05) is 6.92 Å². The Morgan fingerprint density at radius 1 is 1.41 bits per heavy atom.